The van der Waals surface area contributed by atoms with Gasteiger partial charge in [0.15, 0.2) is 5.78 Å². The van der Waals surface area contributed by atoms with E-state index in [-0.39, 0.29) is 5.78 Å². The fraction of sp³-hybridized carbons (Fsp3) is 0.350. The Kier molecular flexibility index (Phi) is 5.54. The fourth-order valence-corrected chi connectivity index (χ4v) is 3.45. The van der Waals surface area contributed by atoms with Gasteiger partial charge in [0.1, 0.15) is 0 Å². The highest BCUT2D eigenvalue weighted by Crippen LogP contribution is 2.43. The second-order valence-electron chi connectivity index (χ2n) is 6.18. The third kappa shape index (κ3) is 3.23. The minimum absolute atomic E-state index is 0.157. The van der Waals surface area contributed by atoms with E-state index in [0.717, 1.165) is 25.7 Å². The van der Waals surface area contributed by atoms with Crippen LogP contribution in [0.25, 0.3) is 0 Å². The first-order valence-corrected chi connectivity index (χ1v) is 8.92. The molecule has 1 aliphatic carbocycles. The Morgan fingerprint density at radius 3 is 2.56 bits per heavy atom. The molecule has 0 fully saturated rings. The second kappa shape index (κ2) is 7.67. The molecular formula is C20H21ClO4. The van der Waals surface area contributed by atoms with Crippen molar-refractivity contribution in [3.8, 4) is 0 Å². The van der Waals surface area contributed by atoms with Crippen LogP contribution >= 0.6 is 11.6 Å². The van der Waals surface area contributed by atoms with Gasteiger partial charge < -0.3 is 4.74 Å². The van der Waals surface area contributed by atoms with Gasteiger partial charge in [-0.25, -0.2) is 5.26 Å². The molecule has 4 nitrogen and oxygen atoms in total. The van der Waals surface area contributed by atoms with Crippen molar-refractivity contribution >= 4 is 17.4 Å². The highest BCUT2D eigenvalue weighted by Gasteiger charge is 2.46. The summed E-state index contributed by atoms with van der Waals surface area (Å²) in [6.45, 7) is 2.55. The van der Waals surface area contributed by atoms with Crippen LogP contribution in [0.1, 0.15) is 59.7 Å². The largest absolute Gasteiger partial charge is 0.340 e. The molecule has 3 rings (SSSR count). The normalized spacial score (nSPS) is 18.8. The number of hydrogen-bond acceptors (Lipinski definition) is 4. The standard InChI is InChI=1S/C20H21ClO4/c1-2-3-4-7-12-24-20(25-23)17-9-6-5-8-15(17)19(22)16-13-14(21)10-11-18(16)20/h5-6,8-11,13,23H,2-4,7,12H2,1H3. The molecule has 5 heteroatoms. The average Bonchev–Trinajstić information content (AvgIpc) is 2.64. The van der Waals surface area contributed by atoms with Gasteiger partial charge in [0.05, 0.1) is 6.61 Å². The Morgan fingerprint density at radius 1 is 1.04 bits per heavy atom. The van der Waals surface area contributed by atoms with Crippen LogP contribution in [0.2, 0.25) is 5.02 Å². The van der Waals surface area contributed by atoms with Gasteiger partial charge in [-0.2, -0.15) is 4.89 Å². The molecule has 0 aliphatic heterocycles. The number of fused-ring (bicyclic) bond motifs is 2. The number of carbonyl (C=O) groups excluding carboxylic acids is 1. The van der Waals surface area contributed by atoms with Gasteiger partial charge in [-0.1, -0.05) is 68.1 Å². The number of ether oxygens (including phenoxy) is 1. The first kappa shape index (κ1) is 18.1. The molecule has 0 radical (unpaired) electrons. The Bertz CT molecular complexity index is 774. The first-order chi connectivity index (χ1) is 12.1. The van der Waals surface area contributed by atoms with E-state index in [9.17, 15) is 10.1 Å². The lowest BCUT2D eigenvalue weighted by Gasteiger charge is -2.36. The zero-order chi connectivity index (χ0) is 17.9. The van der Waals surface area contributed by atoms with Gasteiger partial charge >= 0.3 is 0 Å². The SMILES string of the molecule is CCCCCCOC1(OO)c2ccccc2C(=O)c2cc(Cl)ccc21. The van der Waals surface area contributed by atoms with Crippen LogP contribution in [-0.2, 0) is 15.4 Å². The van der Waals surface area contributed by atoms with Crippen molar-refractivity contribution in [1.82, 2.24) is 0 Å². The lowest BCUT2D eigenvalue weighted by atomic mass is 9.80. The molecule has 1 aliphatic rings. The summed E-state index contributed by atoms with van der Waals surface area (Å²) in [4.78, 5) is 17.7. The molecule has 0 bridgehead atoms. The van der Waals surface area contributed by atoms with E-state index in [4.69, 9.17) is 21.2 Å². The van der Waals surface area contributed by atoms with Crippen molar-refractivity contribution in [2.75, 3.05) is 6.61 Å². The predicted molar refractivity (Wildman–Crippen MR) is 95.9 cm³/mol. The number of unbranched alkanes of at least 4 members (excludes halogenated alkanes) is 3. The number of hydrogen-bond donors (Lipinski definition) is 1. The van der Waals surface area contributed by atoms with Crippen molar-refractivity contribution in [3.63, 3.8) is 0 Å². The van der Waals surface area contributed by atoms with E-state index in [1.165, 1.54) is 0 Å². The van der Waals surface area contributed by atoms with E-state index >= 15 is 0 Å². The molecule has 0 heterocycles. The van der Waals surface area contributed by atoms with Gasteiger partial charge in [-0.15, -0.1) is 0 Å². The first-order valence-electron chi connectivity index (χ1n) is 8.55. The van der Waals surface area contributed by atoms with Crippen molar-refractivity contribution in [1.29, 1.82) is 0 Å². The monoisotopic (exact) mass is 360 g/mol. The summed E-state index contributed by atoms with van der Waals surface area (Å²) in [5.41, 5.74) is 1.81. The molecule has 25 heavy (non-hydrogen) atoms. The summed E-state index contributed by atoms with van der Waals surface area (Å²) in [6, 6.07) is 11.9. The zero-order valence-electron chi connectivity index (χ0n) is 14.1. The summed E-state index contributed by atoms with van der Waals surface area (Å²) in [6.07, 6.45) is 4.13. The molecule has 0 spiro atoms. The average molecular weight is 361 g/mol. The van der Waals surface area contributed by atoms with Crippen molar-refractivity contribution in [2.45, 2.75) is 38.4 Å². The molecule has 2 aromatic carbocycles. The van der Waals surface area contributed by atoms with Gasteiger partial charge in [-0.05, 0) is 18.6 Å². The van der Waals surface area contributed by atoms with Gasteiger partial charge in [-0.3, -0.25) is 4.79 Å². The molecule has 0 aromatic heterocycles. The van der Waals surface area contributed by atoms with E-state index < -0.39 is 5.79 Å². The molecule has 1 N–H and O–H groups in total. The summed E-state index contributed by atoms with van der Waals surface area (Å²) in [7, 11) is 0. The van der Waals surface area contributed by atoms with E-state index in [1.807, 2.05) is 0 Å². The highest BCUT2D eigenvalue weighted by atomic mass is 35.5. The Labute approximate surface area is 152 Å². The molecular weight excluding hydrogens is 340 g/mol. The lowest BCUT2D eigenvalue weighted by Crippen LogP contribution is -2.40. The number of benzene rings is 2. The number of carbonyl (C=O) groups is 1. The maximum Gasteiger partial charge on any atom is 0.255 e. The Hall–Kier alpha value is -1.72. The minimum atomic E-state index is -1.52. The van der Waals surface area contributed by atoms with Crippen molar-refractivity contribution in [3.05, 3.63) is 69.7 Å². The third-order valence-electron chi connectivity index (χ3n) is 4.54. The van der Waals surface area contributed by atoms with Crippen LogP contribution < -0.4 is 0 Å². The molecule has 0 saturated carbocycles. The van der Waals surface area contributed by atoms with Crippen LogP contribution in [0.15, 0.2) is 42.5 Å². The van der Waals surface area contributed by atoms with Crippen molar-refractivity contribution < 1.29 is 19.7 Å². The fourth-order valence-electron chi connectivity index (χ4n) is 3.27. The van der Waals surface area contributed by atoms with Crippen LogP contribution in [0.4, 0.5) is 0 Å². The van der Waals surface area contributed by atoms with Gasteiger partial charge in [0, 0.05) is 27.3 Å². The smallest absolute Gasteiger partial charge is 0.255 e. The Balaban J connectivity index is 2.04. The zero-order valence-corrected chi connectivity index (χ0v) is 14.9. The lowest BCUT2D eigenvalue weighted by molar-refractivity contribution is -0.396. The van der Waals surface area contributed by atoms with Crippen LogP contribution in [0.3, 0.4) is 0 Å². The summed E-state index contributed by atoms with van der Waals surface area (Å²) in [5, 5.41) is 10.3. The second-order valence-corrected chi connectivity index (χ2v) is 6.62. The summed E-state index contributed by atoms with van der Waals surface area (Å²) in [5.74, 6) is -1.67. The Morgan fingerprint density at radius 2 is 1.80 bits per heavy atom. The van der Waals surface area contributed by atoms with Gasteiger partial charge in [0.2, 0.25) is 0 Å². The highest BCUT2D eigenvalue weighted by molar-refractivity contribution is 6.31. The van der Waals surface area contributed by atoms with Crippen LogP contribution in [-0.4, -0.2) is 17.6 Å². The summed E-state index contributed by atoms with van der Waals surface area (Å²) < 4.78 is 6.04. The molecule has 132 valence electrons. The molecule has 0 saturated heterocycles. The minimum Gasteiger partial charge on any atom is -0.340 e. The molecule has 2 aromatic rings. The summed E-state index contributed by atoms with van der Waals surface area (Å²) >= 11 is 6.07. The third-order valence-corrected chi connectivity index (χ3v) is 4.77. The molecule has 1 unspecified atom stereocenters. The number of halogens is 1. The maximum absolute atomic E-state index is 12.8. The molecule has 0 amide bonds. The van der Waals surface area contributed by atoms with Crippen LogP contribution in [0, 0.1) is 0 Å². The number of rotatable bonds is 7. The maximum atomic E-state index is 12.8. The van der Waals surface area contributed by atoms with Gasteiger partial charge in [0.25, 0.3) is 5.79 Å². The predicted octanol–water partition coefficient (Wildman–Crippen LogP) is 5.17. The van der Waals surface area contributed by atoms with E-state index in [2.05, 4.69) is 6.92 Å². The quantitative estimate of drug-likeness (QED) is 0.320. The number of ketones is 1. The van der Waals surface area contributed by atoms with E-state index in [1.54, 1.807) is 42.5 Å². The van der Waals surface area contributed by atoms with Crippen LogP contribution in [0.5, 0.6) is 0 Å². The van der Waals surface area contributed by atoms with Crippen molar-refractivity contribution in [2.24, 2.45) is 0 Å². The molecule has 1 atom stereocenters. The van der Waals surface area contributed by atoms with E-state index in [0.29, 0.717) is 33.9 Å². The topological polar surface area (TPSA) is 55.8 Å².